The molecule has 1 aliphatic rings. The zero-order valence-electron chi connectivity index (χ0n) is 15.1. The molecule has 3 amide bonds. The van der Waals surface area contributed by atoms with Crippen molar-refractivity contribution in [2.75, 3.05) is 6.54 Å². The zero-order valence-corrected chi connectivity index (χ0v) is 15.1. The van der Waals surface area contributed by atoms with Gasteiger partial charge in [0.2, 0.25) is 5.91 Å². The first-order chi connectivity index (χ1) is 11.4. The molecule has 0 aromatic carbocycles. The van der Waals surface area contributed by atoms with Crippen molar-refractivity contribution >= 4 is 17.7 Å². The number of Topliss-reactive ketones (excluding diaryl/α,β-unsaturated/α-hetero) is 1. The Balaban J connectivity index is 2.61. The Labute approximate surface area is 145 Å². The molecule has 1 saturated carbocycles. The first kappa shape index (κ1) is 20.5. The number of urea groups is 1. The number of ketones is 1. The summed E-state index contributed by atoms with van der Waals surface area (Å²) in [6.45, 7) is 4.39. The predicted octanol–water partition coefficient (Wildman–Crippen LogP) is 2.51. The molecule has 0 heterocycles. The average molecular weight is 339 g/mol. The topological polar surface area (TPSA) is 101 Å². The molecule has 6 nitrogen and oxygen atoms in total. The summed E-state index contributed by atoms with van der Waals surface area (Å²) in [6, 6.07) is -1.01. The van der Waals surface area contributed by atoms with E-state index in [2.05, 4.69) is 10.6 Å². The van der Waals surface area contributed by atoms with Gasteiger partial charge in [-0.05, 0) is 31.6 Å². The van der Waals surface area contributed by atoms with Crippen LogP contribution in [0.2, 0.25) is 0 Å². The molecule has 0 unspecified atom stereocenters. The minimum atomic E-state index is -0.564. The van der Waals surface area contributed by atoms with E-state index < -0.39 is 12.1 Å². The van der Waals surface area contributed by atoms with Gasteiger partial charge in [-0.25, -0.2) is 4.79 Å². The van der Waals surface area contributed by atoms with Crippen molar-refractivity contribution in [1.29, 1.82) is 0 Å². The van der Waals surface area contributed by atoms with Crippen LogP contribution in [0.3, 0.4) is 0 Å². The largest absolute Gasteiger partial charge is 0.352 e. The summed E-state index contributed by atoms with van der Waals surface area (Å²) in [4.78, 5) is 35.7. The van der Waals surface area contributed by atoms with Crippen molar-refractivity contribution in [3.63, 3.8) is 0 Å². The van der Waals surface area contributed by atoms with E-state index in [0.717, 1.165) is 25.7 Å². The fourth-order valence-corrected chi connectivity index (χ4v) is 3.28. The fourth-order valence-electron chi connectivity index (χ4n) is 3.28. The number of hydrogen-bond donors (Lipinski definition) is 3. The number of hydrogen-bond acceptors (Lipinski definition) is 3. The summed E-state index contributed by atoms with van der Waals surface area (Å²) in [5.74, 6) is 0.407. The second-order valence-electron chi connectivity index (χ2n) is 7.24. The van der Waals surface area contributed by atoms with Gasteiger partial charge >= 0.3 is 6.03 Å². The lowest BCUT2D eigenvalue weighted by atomic mass is 9.89. The van der Waals surface area contributed by atoms with E-state index in [4.69, 9.17) is 5.73 Å². The fraction of sp³-hybridized carbons (Fsp3) is 0.833. The zero-order chi connectivity index (χ0) is 17.9. The highest BCUT2D eigenvalue weighted by Crippen LogP contribution is 2.25. The van der Waals surface area contributed by atoms with Crippen LogP contribution in [0.5, 0.6) is 0 Å². The Kier molecular flexibility index (Phi) is 9.42. The van der Waals surface area contributed by atoms with E-state index in [1.54, 1.807) is 0 Å². The second-order valence-corrected chi connectivity index (χ2v) is 7.24. The number of amides is 3. The van der Waals surface area contributed by atoms with Crippen LogP contribution in [-0.4, -0.2) is 30.3 Å². The third kappa shape index (κ3) is 8.31. The Morgan fingerprint density at radius 2 is 1.71 bits per heavy atom. The van der Waals surface area contributed by atoms with Crippen molar-refractivity contribution in [2.45, 2.75) is 77.7 Å². The molecule has 1 atom stereocenters. The van der Waals surface area contributed by atoms with Gasteiger partial charge in [-0.2, -0.15) is 0 Å². The molecular formula is C18H33N3O3. The minimum absolute atomic E-state index is 0.0564. The Bertz CT molecular complexity index is 416. The molecule has 138 valence electrons. The number of rotatable bonds is 9. The van der Waals surface area contributed by atoms with Crippen LogP contribution in [0, 0.1) is 11.8 Å². The molecule has 0 spiro atoms. The van der Waals surface area contributed by atoms with Gasteiger partial charge in [0.05, 0.1) is 6.04 Å². The maximum Gasteiger partial charge on any atom is 0.312 e. The van der Waals surface area contributed by atoms with Crippen LogP contribution in [0.4, 0.5) is 4.79 Å². The normalized spacial score (nSPS) is 17.1. The van der Waals surface area contributed by atoms with Gasteiger partial charge in [0, 0.05) is 18.9 Å². The lowest BCUT2D eigenvalue weighted by molar-refractivity contribution is -0.130. The molecule has 0 aliphatic heterocycles. The maximum absolute atomic E-state index is 12.9. The summed E-state index contributed by atoms with van der Waals surface area (Å²) in [5, 5.41) is 5.45. The molecule has 0 bridgehead atoms. The lowest BCUT2D eigenvalue weighted by Gasteiger charge is -2.23. The minimum Gasteiger partial charge on any atom is -0.352 e. The van der Waals surface area contributed by atoms with E-state index in [1.807, 2.05) is 13.8 Å². The molecule has 0 aromatic rings. The van der Waals surface area contributed by atoms with Crippen LogP contribution in [0.1, 0.15) is 71.6 Å². The summed E-state index contributed by atoms with van der Waals surface area (Å²) in [5.41, 5.74) is 5.05. The highest BCUT2D eigenvalue weighted by atomic mass is 16.2. The number of carbonyl (C=O) groups is 3. The van der Waals surface area contributed by atoms with Crippen molar-refractivity contribution in [1.82, 2.24) is 10.6 Å². The van der Waals surface area contributed by atoms with Gasteiger partial charge in [-0.1, -0.05) is 39.5 Å². The van der Waals surface area contributed by atoms with Crippen molar-refractivity contribution < 1.29 is 14.4 Å². The highest BCUT2D eigenvalue weighted by Gasteiger charge is 2.28. The Morgan fingerprint density at radius 3 is 2.25 bits per heavy atom. The van der Waals surface area contributed by atoms with Gasteiger partial charge in [0.15, 0.2) is 5.78 Å². The van der Waals surface area contributed by atoms with E-state index in [-0.39, 0.29) is 23.5 Å². The predicted molar refractivity (Wildman–Crippen MR) is 94.4 cm³/mol. The first-order valence-corrected chi connectivity index (χ1v) is 9.26. The summed E-state index contributed by atoms with van der Waals surface area (Å²) in [7, 11) is 0. The molecular weight excluding hydrogens is 306 g/mol. The smallest absolute Gasteiger partial charge is 0.312 e. The van der Waals surface area contributed by atoms with Gasteiger partial charge in [0.1, 0.15) is 0 Å². The molecule has 1 rings (SSSR count). The van der Waals surface area contributed by atoms with Crippen molar-refractivity contribution in [3.8, 4) is 0 Å². The van der Waals surface area contributed by atoms with Crippen LogP contribution in [-0.2, 0) is 9.59 Å². The molecule has 0 radical (unpaired) electrons. The van der Waals surface area contributed by atoms with Gasteiger partial charge in [0.25, 0.3) is 0 Å². The average Bonchev–Trinajstić information content (AvgIpc) is 2.77. The summed E-state index contributed by atoms with van der Waals surface area (Å²) >= 11 is 0. The number of primary amides is 1. The first-order valence-electron chi connectivity index (χ1n) is 9.26. The van der Waals surface area contributed by atoms with Crippen molar-refractivity contribution in [3.05, 3.63) is 0 Å². The monoisotopic (exact) mass is 339 g/mol. The van der Waals surface area contributed by atoms with E-state index in [9.17, 15) is 14.4 Å². The number of nitrogens with one attached hydrogen (secondary N) is 2. The van der Waals surface area contributed by atoms with Gasteiger partial charge in [-0.15, -0.1) is 0 Å². The Morgan fingerprint density at radius 1 is 1.08 bits per heavy atom. The van der Waals surface area contributed by atoms with E-state index in [0.29, 0.717) is 25.8 Å². The summed E-state index contributed by atoms with van der Waals surface area (Å²) < 4.78 is 0. The molecule has 0 aromatic heterocycles. The van der Waals surface area contributed by atoms with Crippen molar-refractivity contribution in [2.24, 2.45) is 17.6 Å². The standard InChI is InChI=1S/C18H33N3O3/c1-13(2)12-16(22)21-15(10-7-11-20-18(19)24)17(23)14-8-5-3-4-6-9-14/h13-15H,3-12H2,1-2H3,(H,21,22)(H3,19,20,24)/t15-/m0/s1. The van der Waals surface area contributed by atoms with Gasteiger partial charge in [-0.3, -0.25) is 9.59 Å². The van der Waals surface area contributed by atoms with E-state index in [1.165, 1.54) is 12.8 Å². The maximum atomic E-state index is 12.9. The SMILES string of the molecule is CC(C)CC(=O)N[C@@H](CCCNC(N)=O)C(=O)C1CCCCCC1. The molecule has 6 heteroatoms. The quantitative estimate of drug-likeness (QED) is 0.444. The summed E-state index contributed by atoms with van der Waals surface area (Å²) in [6.07, 6.45) is 8.00. The Hall–Kier alpha value is -1.59. The molecule has 24 heavy (non-hydrogen) atoms. The third-order valence-electron chi connectivity index (χ3n) is 4.50. The number of carbonyl (C=O) groups excluding carboxylic acids is 3. The molecule has 1 aliphatic carbocycles. The second kappa shape index (κ2) is 11.0. The molecule has 1 fully saturated rings. The van der Waals surface area contributed by atoms with Crippen LogP contribution >= 0.6 is 0 Å². The van der Waals surface area contributed by atoms with Crippen LogP contribution < -0.4 is 16.4 Å². The van der Waals surface area contributed by atoms with Crippen LogP contribution in [0.15, 0.2) is 0 Å². The molecule has 4 N–H and O–H groups in total. The van der Waals surface area contributed by atoms with Crippen LogP contribution in [0.25, 0.3) is 0 Å². The lowest BCUT2D eigenvalue weighted by Crippen LogP contribution is -2.44. The van der Waals surface area contributed by atoms with E-state index >= 15 is 0 Å². The highest BCUT2D eigenvalue weighted by molar-refractivity contribution is 5.90. The molecule has 0 saturated heterocycles. The third-order valence-corrected chi connectivity index (χ3v) is 4.50. The van der Waals surface area contributed by atoms with Gasteiger partial charge < -0.3 is 16.4 Å². The number of nitrogens with two attached hydrogens (primary N) is 1.